The van der Waals surface area contributed by atoms with E-state index in [0.717, 1.165) is 6.42 Å². The van der Waals surface area contributed by atoms with Crippen LogP contribution in [0.5, 0.6) is 0 Å². The predicted molar refractivity (Wildman–Crippen MR) is 78.7 cm³/mol. The molecule has 0 aromatic rings. The van der Waals surface area contributed by atoms with Crippen LogP contribution in [0, 0.1) is 11.8 Å². The monoisotopic (exact) mass is 266 g/mol. The second-order valence-corrected chi connectivity index (χ2v) is 5.27. The summed E-state index contributed by atoms with van der Waals surface area (Å²) in [5.74, 6) is 0.954. The van der Waals surface area contributed by atoms with Gasteiger partial charge in [-0.05, 0) is 25.2 Å². The second kappa shape index (κ2) is 10.5. The number of hydrogen-bond donors (Lipinski definition) is 0. The minimum Gasteiger partial charge on any atom is -0.121 e. The van der Waals surface area contributed by atoms with Crippen LogP contribution < -0.4 is 0 Å². The lowest BCUT2D eigenvalue weighted by Gasteiger charge is -2.14. The van der Waals surface area contributed by atoms with E-state index < -0.39 is 0 Å². The molecule has 0 bridgehead atoms. The van der Waals surface area contributed by atoms with Crippen molar-refractivity contribution in [3.05, 3.63) is 12.2 Å². The first-order valence-corrected chi connectivity index (χ1v) is 7.26. The van der Waals surface area contributed by atoms with E-state index in [-0.39, 0.29) is 10.8 Å². The summed E-state index contributed by atoms with van der Waals surface area (Å²) in [6.07, 6.45) is 2.34. The molecule has 1 rings (SSSR count). The molecule has 0 nitrogen and oxygen atoms in total. The van der Waals surface area contributed by atoms with E-state index >= 15 is 0 Å². The zero-order valence-electron chi connectivity index (χ0n) is 11.7. The summed E-state index contributed by atoms with van der Waals surface area (Å²) < 4.78 is 0. The van der Waals surface area contributed by atoms with Crippen LogP contribution >= 0.6 is 23.2 Å². The highest BCUT2D eigenvalue weighted by atomic mass is 35.5. The normalized spacial score (nSPS) is 32.0. The van der Waals surface area contributed by atoms with Gasteiger partial charge in [0.05, 0.1) is 10.8 Å². The average molecular weight is 267 g/mol. The minimum absolute atomic E-state index is 0.0872. The van der Waals surface area contributed by atoms with Gasteiger partial charge in [0.15, 0.2) is 0 Å². The zero-order chi connectivity index (χ0) is 13.3. The zero-order valence-corrected chi connectivity index (χ0v) is 13.2. The van der Waals surface area contributed by atoms with E-state index in [1.54, 1.807) is 0 Å². The summed E-state index contributed by atoms with van der Waals surface area (Å²) in [5, 5.41) is 0.211. The highest BCUT2D eigenvalue weighted by molar-refractivity contribution is 6.30. The van der Waals surface area contributed by atoms with Crippen molar-refractivity contribution in [2.24, 2.45) is 11.8 Å². The Labute approximate surface area is 112 Å². The van der Waals surface area contributed by atoms with Gasteiger partial charge in [-0.3, -0.25) is 0 Å². The van der Waals surface area contributed by atoms with Crippen molar-refractivity contribution in [1.82, 2.24) is 0 Å². The Kier molecular flexibility index (Phi) is 12.2. The van der Waals surface area contributed by atoms with Crippen LogP contribution in [0.15, 0.2) is 12.2 Å². The van der Waals surface area contributed by atoms with E-state index in [9.17, 15) is 0 Å². The number of alkyl halides is 2. The highest BCUT2D eigenvalue weighted by Crippen LogP contribution is 2.41. The van der Waals surface area contributed by atoms with Crippen molar-refractivity contribution in [2.75, 3.05) is 0 Å². The second-order valence-electron chi connectivity index (χ2n) is 4.26. The molecule has 0 saturated heterocycles. The minimum atomic E-state index is 0.0872. The molecule has 2 heteroatoms. The Hall–Kier alpha value is 0.320. The van der Waals surface area contributed by atoms with E-state index in [2.05, 4.69) is 27.4 Å². The van der Waals surface area contributed by atoms with Crippen molar-refractivity contribution in [3.8, 4) is 0 Å². The number of halogens is 2. The summed E-state index contributed by atoms with van der Waals surface area (Å²) in [6, 6.07) is 0. The van der Waals surface area contributed by atoms with Crippen LogP contribution in [0.4, 0.5) is 0 Å². The molecule has 0 spiro atoms. The molecule has 98 valence electrons. The SMILES string of the molecule is C=C(C)C1CC(C)[C@H](Cl)C1Cl.CC.CCC. The first kappa shape index (κ1) is 18.7. The third-order valence-corrected chi connectivity index (χ3v) is 3.90. The van der Waals surface area contributed by atoms with Gasteiger partial charge in [-0.25, -0.2) is 0 Å². The predicted octanol–water partition coefficient (Wildman–Crippen LogP) is 5.88. The number of allylic oxidation sites excluding steroid dienone is 1. The van der Waals surface area contributed by atoms with Crippen LogP contribution in [0.1, 0.15) is 54.4 Å². The van der Waals surface area contributed by atoms with Crippen molar-refractivity contribution in [2.45, 2.75) is 65.1 Å². The first-order chi connectivity index (χ1) is 7.45. The largest absolute Gasteiger partial charge is 0.121 e. The molecule has 1 aliphatic carbocycles. The van der Waals surface area contributed by atoms with E-state index in [0.29, 0.717) is 11.8 Å². The van der Waals surface area contributed by atoms with Crippen molar-refractivity contribution in [1.29, 1.82) is 0 Å². The fourth-order valence-electron chi connectivity index (χ4n) is 1.67. The lowest BCUT2D eigenvalue weighted by Crippen LogP contribution is -2.17. The summed E-state index contributed by atoms with van der Waals surface area (Å²) in [7, 11) is 0. The summed E-state index contributed by atoms with van der Waals surface area (Å²) in [4.78, 5) is 0. The molecule has 1 saturated carbocycles. The van der Waals surface area contributed by atoms with Gasteiger partial charge in [-0.15, -0.1) is 23.2 Å². The first-order valence-electron chi connectivity index (χ1n) is 6.39. The van der Waals surface area contributed by atoms with Crippen molar-refractivity contribution < 1.29 is 0 Å². The molecule has 4 atom stereocenters. The van der Waals surface area contributed by atoms with Gasteiger partial charge in [-0.1, -0.05) is 53.2 Å². The van der Waals surface area contributed by atoms with Gasteiger partial charge in [0, 0.05) is 0 Å². The average Bonchev–Trinajstić information content (AvgIpc) is 2.50. The summed E-state index contributed by atoms with van der Waals surface area (Å²) in [5.41, 5.74) is 1.17. The van der Waals surface area contributed by atoms with Crippen LogP contribution in [0.3, 0.4) is 0 Å². The Morgan fingerprint density at radius 3 is 1.69 bits per heavy atom. The number of hydrogen-bond acceptors (Lipinski definition) is 0. The van der Waals surface area contributed by atoms with E-state index in [1.807, 2.05) is 20.8 Å². The molecule has 0 aromatic heterocycles. The van der Waals surface area contributed by atoms with Gasteiger partial charge < -0.3 is 0 Å². The maximum absolute atomic E-state index is 6.13. The lowest BCUT2D eigenvalue weighted by atomic mass is 9.99. The maximum Gasteiger partial charge on any atom is 0.0567 e. The summed E-state index contributed by atoms with van der Waals surface area (Å²) in [6.45, 7) is 16.3. The molecule has 3 unspecified atom stereocenters. The van der Waals surface area contributed by atoms with E-state index in [4.69, 9.17) is 23.2 Å². The molecule has 0 heterocycles. The molecule has 0 N–H and O–H groups in total. The lowest BCUT2D eigenvalue weighted by molar-refractivity contribution is 0.575. The van der Waals surface area contributed by atoms with Crippen molar-refractivity contribution in [3.63, 3.8) is 0 Å². The molecule has 0 aromatic carbocycles. The third kappa shape index (κ3) is 6.15. The van der Waals surface area contributed by atoms with Gasteiger partial charge in [0.2, 0.25) is 0 Å². The Morgan fingerprint density at radius 1 is 1.19 bits per heavy atom. The summed E-state index contributed by atoms with van der Waals surface area (Å²) >= 11 is 12.2. The highest BCUT2D eigenvalue weighted by Gasteiger charge is 2.38. The molecular formula is C14H28Cl2. The molecule has 0 radical (unpaired) electrons. The van der Waals surface area contributed by atoms with Crippen LogP contribution in [0.25, 0.3) is 0 Å². The van der Waals surface area contributed by atoms with Gasteiger partial charge in [-0.2, -0.15) is 0 Å². The molecular weight excluding hydrogens is 239 g/mol. The number of rotatable bonds is 1. The molecule has 0 aliphatic heterocycles. The van der Waals surface area contributed by atoms with Crippen molar-refractivity contribution >= 4 is 23.2 Å². The van der Waals surface area contributed by atoms with Crippen LogP contribution in [-0.2, 0) is 0 Å². The van der Waals surface area contributed by atoms with E-state index in [1.165, 1.54) is 12.0 Å². The quantitative estimate of drug-likeness (QED) is 0.411. The van der Waals surface area contributed by atoms with Crippen LogP contribution in [0.2, 0.25) is 0 Å². The molecule has 1 fully saturated rings. The smallest absolute Gasteiger partial charge is 0.0567 e. The van der Waals surface area contributed by atoms with Crippen LogP contribution in [-0.4, -0.2) is 10.8 Å². The van der Waals surface area contributed by atoms with Gasteiger partial charge in [0.1, 0.15) is 0 Å². The molecule has 1 aliphatic rings. The molecule has 0 amide bonds. The fourth-order valence-corrected chi connectivity index (χ4v) is 2.51. The standard InChI is InChI=1S/C9H14Cl2.C3H8.C2H6/c1-5(2)7-4-6(3)8(10)9(7)11;1-3-2;1-2/h6-9H,1,4H2,2-3H3;3H2,1-2H3;1-2H3/t6?,7?,8-,9?;;/m0../s1. The maximum atomic E-state index is 6.13. The third-order valence-electron chi connectivity index (χ3n) is 2.49. The Morgan fingerprint density at radius 2 is 1.56 bits per heavy atom. The van der Waals surface area contributed by atoms with Gasteiger partial charge >= 0.3 is 0 Å². The Bertz CT molecular complexity index is 178. The fraction of sp³-hybridized carbons (Fsp3) is 0.857. The Balaban J connectivity index is 0. The van der Waals surface area contributed by atoms with Gasteiger partial charge in [0.25, 0.3) is 0 Å². The molecule has 16 heavy (non-hydrogen) atoms. The topological polar surface area (TPSA) is 0 Å².